The number of nitrogens with zero attached hydrogens (tertiary/aromatic N) is 3. The van der Waals surface area contributed by atoms with E-state index in [1.807, 2.05) is 61.5 Å². The molecule has 11 nitrogen and oxygen atoms in total. The van der Waals surface area contributed by atoms with Crippen LogP contribution in [0, 0.1) is 17.0 Å². The first-order valence-electron chi connectivity index (χ1n) is 12.9. The van der Waals surface area contributed by atoms with Crippen LogP contribution in [0.5, 0.6) is 5.75 Å². The number of rotatable bonds is 13. The third-order valence-corrected chi connectivity index (χ3v) is 7.67. The molecule has 0 heterocycles. The summed E-state index contributed by atoms with van der Waals surface area (Å²) >= 11 is 0. The van der Waals surface area contributed by atoms with Crippen molar-refractivity contribution >= 4 is 33.2 Å². The van der Waals surface area contributed by atoms with Crippen molar-refractivity contribution < 1.29 is 27.7 Å². The normalized spacial score (nSPS) is 11.8. The van der Waals surface area contributed by atoms with Gasteiger partial charge in [0.1, 0.15) is 24.0 Å². The Morgan fingerprint density at radius 2 is 1.71 bits per heavy atom. The Labute approximate surface area is 239 Å². The van der Waals surface area contributed by atoms with Crippen LogP contribution in [-0.2, 0) is 32.6 Å². The summed E-state index contributed by atoms with van der Waals surface area (Å²) in [5.74, 6) is -1.03. The lowest BCUT2D eigenvalue weighted by atomic mass is 10.0. The van der Waals surface area contributed by atoms with Gasteiger partial charge in [-0.25, -0.2) is 8.42 Å². The molecular weight excluding hydrogens is 548 g/mol. The summed E-state index contributed by atoms with van der Waals surface area (Å²) < 4.78 is 32.1. The SMILES string of the molecule is CCNC(=O)[C@@H](Cc1ccccc1)N(Cc1ccccc1C)C(=O)CN(c1cc([N+](=O)[O-])ccc1OC)S(C)(=O)=O. The van der Waals surface area contributed by atoms with Crippen LogP contribution in [-0.4, -0.2) is 62.6 Å². The van der Waals surface area contributed by atoms with Gasteiger partial charge in [0.2, 0.25) is 21.8 Å². The lowest BCUT2D eigenvalue weighted by Gasteiger charge is -2.34. The van der Waals surface area contributed by atoms with Crippen LogP contribution in [0.25, 0.3) is 0 Å². The first-order chi connectivity index (χ1) is 19.5. The molecule has 0 aliphatic heterocycles. The predicted molar refractivity (Wildman–Crippen MR) is 156 cm³/mol. The summed E-state index contributed by atoms with van der Waals surface area (Å²) in [5, 5.41) is 14.3. The topological polar surface area (TPSA) is 139 Å². The van der Waals surface area contributed by atoms with Gasteiger partial charge >= 0.3 is 0 Å². The van der Waals surface area contributed by atoms with E-state index in [2.05, 4.69) is 5.32 Å². The highest BCUT2D eigenvalue weighted by atomic mass is 32.2. The number of nitrogens with one attached hydrogen (secondary N) is 1. The summed E-state index contributed by atoms with van der Waals surface area (Å²) in [7, 11) is -2.84. The van der Waals surface area contributed by atoms with E-state index in [4.69, 9.17) is 4.74 Å². The highest BCUT2D eigenvalue weighted by Crippen LogP contribution is 2.34. The first kappa shape index (κ1) is 31.1. The predicted octanol–water partition coefficient (Wildman–Crippen LogP) is 3.45. The number of anilines is 1. The summed E-state index contributed by atoms with van der Waals surface area (Å²) in [4.78, 5) is 39.7. The molecule has 1 N–H and O–H groups in total. The number of non-ortho nitro benzene ring substituents is 1. The van der Waals surface area contributed by atoms with Gasteiger partial charge in [-0.15, -0.1) is 0 Å². The minimum Gasteiger partial charge on any atom is -0.495 e. The number of carbonyl (C=O) groups is 2. The van der Waals surface area contributed by atoms with Crippen molar-refractivity contribution in [3.05, 3.63) is 99.6 Å². The highest BCUT2D eigenvalue weighted by Gasteiger charge is 2.34. The van der Waals surface area contributed by atoms with Crippen molar-refractivity contribution in [2.24, 2.45) is 0 Å². The molecule has 3 rings (SSSR count). The van der Waals surface area contributed by atoms with Crippen LogP contribution in [0.4, 0.5) is 11.4 Å². The van der Waals surface area contributed by atoms with Crippen molar-refractivity contribution in [2.75, 3.05) is 30.8 Å². The Morgan fingerprint density at radius 3 is 2.29 bits per heavy atom. The molecule has 3 aromatic carbocycles. The van der Waals surface area contributed by atoms with Gasteiger partial charge in [-0.1, -0.05) is 54.6 Å². The molecule has 0 aliphatic rings. The molecule has 0 unspecified atom stereocenters. The highest BCUT2D eigenvalue weighted by molar-refractivity contribution is 7.92. The largest absolute Gasteiger partial charge is 0.495 e. The lowest BCUT2D eigenvalue weighted by molar-refractivity contribution is -0.384. The van der Waals surface area contributed by atoms with Crippen LogP contribution < -0.4 is 14.4 Å². The molecule has 0 fully saturated rings. The number of hydrogen-bond acceptors (Lipinski definition) is 7. The van der Waals surface area contributed by atoms with Gasteiger partial charge in [-0.05, 0) is 36.6 Å². The van der Waals surface area contributed by atoms with Gasteiger partial charge < -0.3 is 15.0 Å². The molecule has 0 aliphatic carbocycles. The van der Waals surface area contributed by atoms with E-state index in [0.717, 1.165) is 33.3 Å². The van der Waals surface area contributed by atoms with Gasteiger partial charge in [0, 0.05) is 31.6 Å². The van der Waals surface area contributed by atoms with E-state index in [0.29, 0.717) is 6.54 Å². The second-order valence-electron chi connectivity index (χ2n) is 9.43. The van der Waals surface area contributed by atoms with E-state index in [-0.39, 0.29) is 30.1 Å². The number of carbonyl (C=O) groups excluding carboxylic acids is 2. The zero-order chi connectivity index (χ0) is 30.2. The number of sulfonamides is 1. The van der Waals surface area contributed by atoms with E-state index in [9.17, 15) is 28.1 Å². The fraction of sp³-hybridized carbons (Fsp3) is 0.310. The second kappa shape index (κ2) is 13.8. The number of likely N-dealkylation sites (N-methyl/N-ethyl adjacent to an activating group) is 1. The fourth-order valence-corrected chi connectivity index (χ4v) is 5.24. The van der Waals surface area contributed by atoms with E-state index >= 15 is 0 Å². The number of nitro groups is 1. The number of ether oxygens (including phenoxy) is 1. The molecule has 218 valence electrons. The van der Waals surface area contributed by atoms with Crippen molar-refractivity contribution in [1.29, 1.82) is 0 Å². The fourth-order valence-electron chi connectivity index (χ4n) is 4.40. The Bertz CT molecular complexity index is 1500. The molecule has 0 saturated heterocycles. The standard InChI is InChI=1S/C29H34N4O7S/c1-5-30-29(35)26(17-22-12-7-6-8-13-22)31(19-23-14-10-9-11-21(23)2)28(34)20-32(41(4,38)39)25-18-24(33(36)37)15-16-27(25)40-3/h6-16,18,26H,5,17,19-20H2,1-4H3,(H,30,35)/t26-/m1/s1. The summed E-state index contributed by atoms with van der Waals surface area (Å²) in [5.41, 5.74) is 1.95. The summed E-state index contributed by atoms with van der Waals surface area (Å²) in [6.45, 7) is 3.30. The Kier molecular flexibility index (Phi) is 10.4. The van der Waals surface area contributed by atoms with Gasteiger partial charge in [-0.2, -0.15) is 0 Å². The number of methoxy groups -OCH3 is 1. The lowest BCUT2D eigenvalue weighted by Crippen LogP contribution is -2.53. The van der Waals surface area contributed by atoms with Crippen LogP contribution in [0.1, 0.15) is 23.6 Å². The van der Waals surface area contributed by atoms with E-state index < -0.39 is 39.3 Å². The Morgan fingerprint density at radius 1 is 1.05 bits per heavy atom. The minimum atomic E-state index is -4.13. The zero-order valence-corrected chi connectivity index (χ0v) is 24.3. The zero-order valence-electron chi connectivity index (χ0n) is 23.4. The van der Waals surface area contributed by atoms with Gasteiger partial charge in [0.15, 0.2) is 0 Å². The van der Waals surface area contributed by atoms with Crippen LogP contribution in [0.3, 0.4) is 0 Å². The van der Waals surface area contributed by atoms with E-state index in [1.54, 1.807) is 6.92 Å². The van der Waals surface area contributed by atoms with Crippen LogP contribution >= 0.6 is 0 Å². The molecule has 41 heavy (non-hydrogen) atoms. The van der Waals surface area contributed by atoms with Crippen molar-refractivity contribution in [1.82, 2.24) is 10.2 Å². The van der Waals surface area contributed by atoms with Crippen molar-refractivity contribution in [2.45, 2.75) is 32.9 Å². The Balaban J connectivity index is 2.12. The number of benzene rings is 3. The number of aryl methyl sites for hydroxylation is 1. The van der Waals surface area contributed by atoms with Crippen LogP contribution in [0.2, 0.25) is 0 Å². The minimum absolute atomic E-state index is 0.0313. The first-order valence-corrected chi connectivity index (χ1v) is 14.8. The maximum Gasteiger partial charge on any atom is 0.271 e. The number of amides is 2. The van der Waals surface area contributed by atoms with Crippen LogP contribution in [0.15, 0.2) is 72.8 Å². The molecule has 12 heteroatoms. The average Bonchev–Trinajstić information content (AvgIpc) is 2.94. The Hall–Kier alpha value is -4.45. The molecule has 0 radical (unpaired) electrons. The number of hydrogen-bond donors (Lipinski definition) is 1. The quantitative estimate of drug-likeness (QED) is 0.241. The molecule has 0 aromatic heterocycles. The molecule has 1 atom stereocenters. The van der Waals surface area contributed by atoms with Gasteiger partial charge in [0.25, 0.3) is 5.69 Å². The second-order valence-corrected chi connectivity index (χ2v) is 11.3. The van der Waals surface area contributed by atoms with Gasteiger partial charge in [-0.3, -0.25) is 24.0 Å². The molecule has 0 saturated carbocycles. The monoisotopic (exact) mass is 582 g/mol. The smallest absolute Gasteiger partial charge is 0.271 e. The third-order valence-electron chi connectivity index (χ3n) is 6.55. The molecule has 3 aromatic rings. The van der Waals surface area contributed by atoms with Gasteiger partial charge in [0.05, 0.1) is 18.3 Å². The molecular formula is C29H34N4O7S. The maximum absolute atomic E-state index is 14.1. The third kappa shape index (κ3) is 8.04. The maximum atomic E-state index is 14.1. The molecule has 2 amide bonds. The average molecular weight is 583 g/mol. The number of nitro benzene ring substituents is 1. The summed E-state index contributed by atoms with van der Waals surface area (Å²) in [6.07, 6.45) is 1.08. The summed E-state index contributed by atoms with van der Waals surface area (Å²) in [6, 6.07) is 19.1. The van der Waals surface area contributed by atoms with E-state index in [1.165, 1.54) is 24.1 Å². The molecule has 0 spiro atoms. The van der Waals surface area contributed by atoms with Crippen molar-refractivity contribution in [3.63, 3.8) is 0 Å². The van der Waals surface area contributed by atoms with Crippen molar-refractivity contribution in [3.8, 4) is 5.75 Å². The molecule has 0 bridgehead atoms.